The SMILES string of the molecule is CCC(Oc1ccccc1-c1ccccc1)=C(C)C(=O)O. The minimum absolute atomic E-state index is 0.236. The molecule has 0 radical (unpaired) electrons. The van der Waals surface area contributed by atoms with Gasteiger partial charge in [0, 0.05) is 12.0 Å². The third kappa shape index (κ3) is 3.51. The van der Waals surface area contributed by atoms with E-state index in [-0.39, 0.29) is 5.57 Å². The van der Waals surface area contributed by atoms with E-state index in [9.17, 15) is 4.79 Å². The molecule has 3 nitrogen and oxygen atoms in total. The Hall–Kier alpha value is -2.55. The molecule has 0 spiro atoms. The molecule has 0 unspecified atom stereocenters. The van der Waals surface area contributed by atoms with Crippen LogP contribution < -0.4 is 4.74 Å². The van der Waals surface area contributed by atoms with E-state index in [1.165, 1.54) is 0 Å². The van der Waals surface area contributed by atoms with Crippen molar-refractivity contribution in [3.8, 4) is 16.9 Å². The maximum Gasteiger partial charge on any atom is 0.334 e. The topological polar surface area (TPSA) is 46.5 Å². The molecule has 0 heterocycles. The number of carbonyl (C=O) groups is 1. The van der Waals surface area contributed by atoms with Crippen LogP contribution in [0.4, 0.5) is 0 Å². The Morgan fingerprint density at radius 2 is 1.67 bits per heavy atom. The van der Waals surface area contributed by atoms with E-state index in [0.29, 0.717) is 17.9 Å². The Bertz CT molecular complexity index is 657. The number of carboxylic acid groups (broad SMARTS) is 1. The zero-order valence-electron chi connectivity index (χ0n) is 12.2. The second kappa shape index (κ2) is 6.75. The predicted molar refractivity (Wildman–Crippen MR) is 83.1 cm³/mol. The van der Waals surface area contributed by atoms with Crippen LogP contribution in [-0.4, -0.2) is 11.1 Å². The van der Waals surface area contributed by atoms with Crippen LogP contribution in [0.1, 0.15) is 20.3 Å². The molecule has 0 fully saturated rings. The fourth-order valence-corrected chi connectivity index (χ4v) is 2.08. The van der Waals surface area contributed by atoms with Crippen LogP contribution in [0.3, 0.4) is 0 Å². The number of ether oxygens (including phenoxy) is 1. The minimum Gasteiger partial charge on any atom is -0.478 e. The molecule has 0 bridgehead atoms. The summed E-state index contributed by atoms with van der Waals surface area (Å²) in [5, 5.41) is 9.11. The van der Waals surface area contributed by atoms with Crippen LogP contribution >= 0.6 is 0 Å². The molecule has 3 heteroatoms. The third-order valence-electron chi connectivity index (χ3n) is 3.27. The van der Waals surface area contributed by atoms with Crippen LogP contribution in [-0.2, 0) is 4.79 Å². The number of rotatable bonds is 5. The molecule has 0 atom stereocenters. The molecule has 0 aromatic heterocycles. The minimum atomic E-state index is -0.955. The van der Waals surface area contributed by atoms with E-state index in [2.05, 4.69) is 0 Å². The average Bonchev–Trinajstić information content (AvgIpc) is 2.53. The molecule has 2 aromatic carbocycles. The summed E-state index contributed by atoms with van der Waals surface area (Å²) in [4.78, 5) is 11.1. The van der Waals surface area contributed by atoms with Gasteiger partial charge >= 0.3 is 5.97 Å². The highest BCUT2D eigenvalue weighted by molar-refractivity contribution is 5.86. The summed E-state index contributed by atoms with van der Waals surface area (Å²) in [6.07, 6.45) is 0.529. The van der Waals surface area contributed by atoms with Crippen molar-refractivity contribution in [1.29, 1.82) is 0 Å². The number of allylic oxidation sites excluding steroid dienone is 1. The summed E-state index contributed by atoms with van der Waals surface area (Å²) < 4.78 is 5.87. The van der Waals surface area contributed by atoms with Crippen molar-refractivity contribution in [1.82, 2.24) is 0 Å². The van der Waals surface area contributed by atoms with Crippen molar-refractivity contribution in [3.63, 3.8) is 0 Å². The first-order valence-corrected chi connectivity index (χ1v) is 6.88. The first-order chi connectivity index (χ1) is 10.1. The standard InChI is InChI=1S/C18H18O3/c1-3-16(13(2)18(19)20)21-17-12-8-7-11-15(17)14-9-5-4-6-10-14/h4-12H,3H2,1-2H3,(H,19,20). The highest BCUT2D eigenvalue weighted by Crippen LogP contribution is 2.31. The molecule has 0 amide bonds. The lowest BCUT2D eigenvalue weighted by atomic mass is 10.0. The Kier molecular flexibility index (Phi) is 4.77. The number of para-hydroxylation sites is 1. The quantitative estimate of drug-likeness (QED) is 0.648. The number of carboxylic acids is 1. The average molecular weight is 282 g/mol. The van der Waals surface area contributed by atoms with Crippen LogP contribution in [0.25, 0.3) is 11.1 Å². The Morgan fingerprint density at radius 1 is 1.05 bits per heavy atom. The second-order valence-corrected chi connectivity index (χ2v) is 4.67. The molecule has 0 aliphatic rings. The monoisotopic (exact) mass is 282 g/mol. The summed E-state index contributed by atoms with van der Waals surface area (Å²) in [5.74, 6) is 0.191. The molecular weight excluding hydrogens is 264 g/mol. The predicted octanol–water partition coefficient (Wildman–Crippen LogP) is 4.50. The highest BCUT2D eigenvalue weighted by Gasteiger charge is 2.12. The van der Waals surface area contributed by atoms with Gasteiger partial charge in [-0.2, -0.15) is 0 Å². The van der Waals surface area contributed by atoms with Crippen molar-refractivity contribution >= 4 is 5.97 Å². The summed E-state index contributed by atoms with van der Waals surface area (Å²) in [5.41, 5.74) is 2.22. The molecule has 0 aliphatic carbocycles. The van der Waals surface area contributed by atoms with Crippen molar-refractivity contribution < 1.29 is 14.6 Å². The molecule has 0 saturated heterocycles. The van der Waals surface area contributed by atoms with Gasteiger partial charge in [0.1, 0.15) is 11.5 Å². The molecule has 21 heavy (non-hydrogen) atoms. The normalized spacial score (nSPS) is 11.7. The maximum absolute atomic E-state index is 11.1. The van der Waals surface area contributed by atoms with Crippen molar-refractivity contribution in [2.75, 3.05) is 0 Å². The van der Waals surface area contributed by atoms with Crippen molar-refractivity contribution in [2.24, 2.45) is 0 Å². The first kappa shape index (κ1) is 14.9. The fourth-order valence-electron chi connectivity index (χ4n) is 2.08. The summed E-state index contributed by atoms with van der Waals surface area (Å²) in [7, 11) is 0. The molecule has 108 valence electrons. The van der Waals surface area contributed by atoms with Gasteiger partial charge in [-0.05, 0) is 18.6 Å². The number of hydrogen-bond donors (Lipinski definition) is 1. The molecule has 2 rings (SSSR count). The third-order valence-corrected chi connectivity index (χ3v) is 3.27. The van der Waals surface area contributed by atoms with E-state index in [1.807, 2.05) is 61.5 Å². The molecule has 0 saturated carbocycles. The zero-order chi connectivity index (χ0) is 15.2. The van der Waals surface area contributed by atoms with E-state index in [0.717, 1.165) is 11.1 Å². The lowest BCUT2D eigenvalue weighted by molar-refractivity contribution is -0.132. The van der Waals surface area contributed by atoms with E-state index < -0.39 is 5.97 Å². The molecule has 0 aliphatic heterocycles. The van der Waals surface area contributed by atoms with Gasteiger partial charge in [0.25, 0.3) is 0 Å². The van der Waals surface area contributed by atoms with Gasteiger partial charge in [-0.1, -0.05) is 55.5 Å². The van der Waals surface area contributed by atoms with E-state index >= 15 is 0 Å². The van der Waals surface area contributed by atoms with Crippen molar-refractivity contribution in [2.45, 2.75) is 20.3 Å². The lowest BCUT2D eigenvalue weighted by Crippen LogP contribution is -2.06. The zero-order valence-corrected chi connectivity index (χ0v) is 12.2. The smallest absolute Gasteiger partial charge is 0.334 e. The van der Waals surface area contributed by atoms with Gasteiger partial charge in [-0.3, -0.25) is 0 Å². The highest BCUT2D eigenvalue weighted by atomic mass is 16.5. The van der Waals surface area contributed by atoms with Gasteiger partial charge < -0.3 is 9.84 Å². The van der Waals surface area contributed by atoms with Crippen LogP contribution in [0.15, 0.2) is 65.9 Å². The number of hydrogen-bond acceptors (Lipinski definition) is 2. The van der Waals surface area contributed by atoms with Gasteiger partial charge in [-0.25, -0.2) is 4.79 Å². The molecule has 2 aromatic rings. The van der Waals surface area contributed by atoms with Gasteiger partial charge in [0.05, 0.1) is 5.57 Å². The molecular formula is C18H18O3. The first-order valence-electron chi connectivity index (χ1n) is 6.88. The Labute approximate surface area is 124 Å². The number of aliphatic carboxylic acids is 1. The Balaban J connectivity index is 2.42. The van der Waals surface area contributed by atoms with Gasteiger partial charge in [0.15, 0.2) is 0 Å². The van der Waals surface area contributed by atoms with E-state index in [4.69, 9.17) is 9.84 Å². The summed E-state index contributed by atoms with van der Waals surface area (Å²) in [6.45, 7) is 3.44. The van der Waals surface area contributed by atoms with Crippen LogP contribution in [0, 0.1) is 0 Å². The number of benzene rings is 2. The van der Waals surface area contributed by atoms with Crippen molar-refractivity contribution in [3.05, 3.63) is 65.9 Å². The van der Waals surface area contributed by atoms with E-state index in [1.54, 1.807) is 6.92 Å². The van der Waals surface area contributed by atoms with Crippen LogP contribution in [0.2, 0.25) is 0 Å². The van der Waals surface area contributed by atoms with Crippen LogP contribution in [0.5, 0.6) is 5.75 Å². The summed E-state index contributed by atoms with van der Waals surface area (Å²) >= 11 is 0. The molecule has 1 N–H and O–H groups in total. The fraction of sp³-hybridized carbons (Fsp3) is 0.167. The summed E-state index contributed by atoms with van der Waals surface area (Å²) in [6, 6.07) is 17.5. The van der Waals surface area contributed by atoms with Gasteiger partial charge in [-0.15, -0.1) is 0 Å². The lowest BCUT2D eigenvalue weighted by Gasteiger charge is -2.14. The van der Waals surface area contributed by atoms with Gasteiger partial charge in [0.2, 0.25) is 0 Å². The maximum atomic E-state index is 11.1. The Morgan fingerprint density at radius 3 is 2.29 bits per heavy atom. The largest absolute Gasteiger partial charge is 0.478 e. The second-order valence-electron chi connectivity index (χ2n) is 4.67.